The van der Waals surface area contributed by atoms with Crippen molar-refractivity contribution in [3.8, 4) is 0 Å². The van der Waals surface area contributed by atoms with Crippen LogP contribution in [0.4, 0.5) is 8.78 Å². The van der Waals surface area contributed by atoms with Gasteiger partial charge in [0.15, 0.2) is 0 Å². The van der Waals surface area contributed by atoms with Crippen LogP contribution in [0.15, 0.2) is 18.2 Å². The molecule has 0 aliphatic rings. The van der Waals surface area contributed by atoms with Gasteiger partial charge < -0.3 is 0 Å². The Bertz CT molecular complexity index is 341. The second-order valence-electron chi connectivity index (χ2n) is 2.33. The summed E-state index contributed by atoms with van der Waals surface area (Å²) in [5.41, 5.74) is -0.122. The predicted octanol–water partition coefficient (Wildman–Crippen LogP) is 3.01. The smallest absolute Gasteiger partial charge is 0.244 e. The molecule has 5 heteroatoms. The first kappa shape index (κ1) is 10.4. The lowest BCUT2D eigenvalue weighted by Crippen LogP contribution is -2.02. The molecular weight excluding hydrogens is 221 g/mol. The van der Waals surface area contributed by atoms with Crippen LogP contribution in [0, 0.1) is 11.6 Å². The standard InChI is InChI=1S/C8H4Cl2F2O/c9-7(8(10)13)5-2-1-4(11)3-6(5)12/h1-3,7H. The normalized spacial score (nSPS) is 12.6. The van der Waals surface area contributed by atoms with E-state index in [-0.39, 0.29) is 5.56 Å². The van der Waals surface area contributed by atoms with Crippen molar-refractivity contribution < 1.29 is 13.6 Å². The van der Waals surface area contributed by atoms with Crippen LogP contribution in [0.1, 0.15) is 10.9 Å². The quantitative estimate of drug-likeness (QED) is 0.558. The Hall–Kier alpha value is -0.670. The Balaban J connectivity index is 3.08. The summed E-state index contributed by atoms with van der Waals surface area (Å²) in [5, 5.41) is -2.17. The third-order valence-corrected chi connectivity index (χ3v) is 2.20. The van der Waals surface area contributed by atoms with Crippen molar-refractivity contribution in [2.75, 3.05) is 0 Å². The van der Waals surface area contributed by atoms with E-state index in [9.17, 15) is 13.6 Å². The van der Waals surface area contributed by atoms with Crippen molar-refractivity contribution in [1.29, 1.82) is 0 Å². The molecule has 0 fully saturated rings. The first-order chi connectivity index (χ1) is 6.02. The fraction of sp³-hybridized carbons (Fsp3) is 0.125. The molecule has 0 amide bonds. The van der Waals surface area contributed by atoms with Gasteiger partial charge in [0, 0.05) is 11.6 Å². The summed E-state index contributed by atoms with van der Waals surface area (Å²) in [6.45, 7) is 0. The van der Waals surface area contributed by atoms with Crippen molar-refractivity contribution in [2.45, 2.75) is 5.38 Å². The molecule has 1 nitrogen and oxygen atoms in total. The van der Waals surface area contributed by atoms with E-state index in [0.29, 0.717) is 6.07 Å². The van der Waals surface area contributed by atoms with Crippen LogP contribution in [0.2, 0.25) is 0 Å². The molecule has 1 aromatic rings. The lowest BCUT2D eigenvalue weighted by molar-refractivity contribution is -0.111. The highest BCUT2D eigenvalue weighted by Gasteiger charge is 2.19. The fourth-order valence-electron chi connectivity index (χ4n) is 0.829. The molecular formula is C8H4Cl2F2O. The molecule has 0 aromatic heterocycles. The first-order valence-corrected chi connectivity index (χ1v) is 4.12. The molecule has 0 spiro atoms. The molecule has 0 saturated carbocycles. The van der Waals surface area contributed by atoms with E-state index in [4.69, 9.17) is 23.2 Å². The second kappa shape index (κ2) is 4.03. The van der Waals surface area contributed by atoms with E-state index in [1.165, 1.54) is 0 Å². The highest BCUT2D eigenvalue weighted by molar-refractivity contribution is 6.68. The number of hydrogen-bond acceptors (Lipinski definition) is 1. The summed E-state index contributed by atoms with van der Waals surface area (Å²) >= 11 is 10.5. The van der Waals surface area contributed by atoms with Crippen LogP contribution < -0.4 is 0 Å². The highest BCUT2D eigenvalue weighted by Crippen LogP contribution is 2.25. The van der Waals surface area contributed by atoms with E-state index in [0.717, 1.165) is 12.1 Å². The van der Waals surface area contributed by atoms with Gasteiger partial charge in [-0.2, -0.15) is 0 Å². The van der Waals surface area contributed by atoms with E-state index in [1.54, 1.807) is 0 Å². The molecule has 1 rings (SSSR count). The van der Waals surface area contributed by atoms with Gasteiger partial charge in [0.05, 0.1) is 0 Å². The van der Waals surface area contributed by atoms with Crippen LogP contribution in [-0.4, -0.2) is 5.24 Å². The molecule has 0 aliphatic heterocycles. The van der Waals surface area contributed by atoms with Gasteiger partial charge in [-0.3, -0.25) is 4.79 Å². The molecule has 0 saturated heterocycles. The molecule has 0 aliphatic carbocycles. The number of halogens is 4. The van der Waals surface area contributed by atoms with Gasteiger partial charge in [-0.25, -0.2) is 8.78 Å². The van der Waals surface area contributed by atoms with Gasteiger partial charge in [-0.15, -0.1) is 11.6 Å². The van der Waals surface area contributed by atoms with Gasteiger partial charge in [0.2, 0.25) is 5.24 Å². The summed E-state index contributed by atoms with van der Waals surface area (Å²) in [6.07, 6.45) is 0. The number of carbonyl (C=O) groups excluding carboxylic acids is 1. The average molecular weight is 225 g/mol. The topological polar surface area (TPSA) is 17.1 Å². The zero-order valence-corrected chi connectivity index (χ0v) is 7.74. The van der Waals surface area contributed by atoms with E-state index >= 15 is 0 Å². The number of alkyl halides is 1. The lowest BCUT2D eigenvalue weighted by Gasteiger charge is -2.05. The van der Waals surface area contributed by atoms with Crippen LogP contribution in [0.25, 0.3) is 0 Å². The third kappa shape index (κ3) is 2.39. The summed E-state index contributed by atoms with van der Waals surface area (Å²) in [7, 11) is 0. The first-order valence-electron chi connectivity index (χ1n) is 3.30. The zero-order chi connectivity index (χ0) is 10.0. The van der Waals surface area contributed by atoms with Crippen LogP contribution >= 0.6 is 23.2 Å². The van der Waals surface area contributed by atoms with Crippen molar-refractivity contribution in [2.24, 2.45) is 0 Å². The number of rotatable bonds is 2. The van der Waals surface area contributed by atoms with Gasteiger partial charge in [-0.05, 0) is 17.7 Å². The Kier molecular flexibility index (Phi) is 3.22. The largest absolute Gasteiger partial charge is 0.279 e. The van der Waals surface area contributed by atoms with E-state index < -0.39 is 22.3 Å². The van der Waals surface area contributed by atoms with Gasteiger partial charge in [-0.1, -0.05) is 6.07 Å². The second-order valence-corrected chi connectivity index (χ2v) is 3.14. The van der Waals surface area contributed by atoms with Crippen molar-refractivity contribution in [1.82, 2.24) is 0 Å². The summed E-state index contributed by atoms with van der Waals surface area (Å²) in [4.78, 5) is 10.6. The number of hydrogen-bond donors (Lipinski definition) is 0. The van der Waals surface area contributed by atoms with Crippen molar-refractivity contribution in [3.63, 3.8) is 0 Å². The minimum absolute atomic E-state index is 0.122. The van der Waals surface area contributed by atoms with Crippen LogP contribution in [-0.2, 0) is 4.79 Å². The maximum absolute atomic E-state index is 12.9. The molecule has 0 heterocycles. The number of carbonyl (C=O) groups is 1. The molecule has 0 bridgehead atoms. The third-order valence-electron chi connectivity index (χ3n) is 1.43. The Morgan fingerprint density at radius 2 is 2.00 bits per heavy atom. The SMILES string of the molecule is O=C(Cl)C(Cl)c1ccc(F)cc1F. The lowest BCUT2D eigenvalue weighted by atomic mass is 10.1. The van der Waals surface area contributed by atoms with Crippen molar-refractivity contribution in [3.05, 3.63) is 35.4 Å². The summed E-state index contributed by atoms with van der Waals surface area (Å²) < 4.78 is 25.3. The summed E-state index contributed by atoms with van der Waals surface area (Å²) in [6, 6.07) is 2.74. The minimum Gasteiger partial charge on any atom is -0.279 e. The zero-order valence-electron chi connectivity index (χ0n) is 6.23. The average Bonchev–Trinajstić information content (AvgIpc) is 2.03. The van der Waals surface area contributed by atoms with Gasteiger partial charge >= 0.3 is 0 Å². The maximum atomic E-state index is 12.9. The van der Waals surface area contributed by atoms with E-state index in [1.807, 2.05) is 0 Å². The molecule has 1 atom stereocenters. The summed E-state index contributed by atoms with van der Waals surface area (Å²) in [5.74, 6) is -1.61. The fourth-order valence-corrected chi connectivity index (χ4v) is 1.12. The van der Waals surface area contributed by atoms with Crippen LogP contribution in [0.3, 0.4) is 0 Å². The monoisotopic (exact) mass is 224 g/mol. The minimum atomic E-state index is -1.28. The Morgan fingerprint density at radius 3 is 2.46 bits per heavy atom. The molecule has 0 radical (unpaired) electrons. The number of benzene rings is 1. The maximum Gasteiger partial charge on any atom is 0.244 e. The molecule has 1 unspecified atom stereocenters. The Morgan fingerprint density at radius 1 is 1.38 bits per heavy atom. The van der Waals surface area contributed by atoms with Gasteiger partial charge in [0.1, 0.15) is 17.0 Å². The van der Waals surface area contributed by atoms with Gasteiger partial charge in [0.25, 0.3) is 0 Å². The molecule has 0 N–H and O–H groups in total. The molecule has 1 aromatic carbocycles. The van der Waals surface area contributed by atoms with Crippen LogP contribution in [0.5, 0.6) is 0 Å². The predicted molar refractivity (Wildman–Crippen MR) is 45.8 cm³/mol. The van der Waals surface area contributed by atoms with E-state index in [2.05, 4.69) is 0 Å². The Labute approximate surface area is 83.3 Å². The highest BCUT2D eigenvalue weighted by atomic mass is 35.5. The molecule has 70 valence electrons. The molecule has 13 heavy (non-hydrogen) atoms. The van der Waals surface area contributed by atoms with Crippen molar-refractivity contribution >= 4 is 28.4 Å².